The summed E-state index contributed by atoms with van der Waals surface area (Å²) in [5.74, 6) is -0.0859. The zero-order valence-corrected chi connectivity index (χ0v) is 15.3. The molecule has 1 unspecified atom stereocenters. The Kier molecular flexibility index (Phi) is 5.72. The van der Waals surface area contributed by atoms with E-state index >= 15 is 0 Å². The average Bonchev–Trinajstić information content (AvgIpc) is 2.62. The second-order valence-corrected chi connectivity index (χ2v) is 9.23. The first kappa shape index (κ1) is 17.9. The van der Waals surface area contributed by atoms with Crippen molar-refractivity contribution in [2.45, 2.75) is 18.3 Å². The van der Waals surface area contributed by atoms with Crippen molar-refractivity contribution in [3.8, 4) is 0 Å². The van der Waals surface area contributed by atoms with Crippen LogP contribution in [0.1, 0.15) is 12.0 Å². The van der Waals surface area contributed by atoms with Gasteiger partial charge in [-0.25, -0.2) is 0 Å². The van der Waals surface area contributed by atoms with Gasteiger partial charge in [-0.05, 0) is 21.8 Å². The molecule has 8 heteroatoms. The van der Waals surface area contributed by atoms with Crippen LogP contribution >= 0.6 is 0 Å². The van der Waals surface area contributed by atoms with Gasteiger partial charge in [-0.2, -0.15) is 5.11 Å². The number of rotatable bonds is 5. The molecule has 2 N–H and O–H groups in total. The SMILES string of the molecule is C[SH](=O)(Cc1ccccc1)NC(=O)C1=CCC(N2CCNCC2)N=N1. The smallest absolute Gasteiger partial charge is 0.281 e. The van der Waals surface area contributed by atoms with E-state index in [0.717, 1.165) is 31.7 Å². The fraction of sp³-hybridized carbons (Fsp3) is 0.471. The molecule has 2 heterocycles. The molecule has 1 saturated heterocycles. The fourth-order valence-electron chi connectivity index (χ4n) is 3.02. The summed E-state index contributed by atoms with van der Waals surface area (Å²) in [5.41, 5.74) is 1.19. The summed E-state index contributed by atoms with van der Waals surface area (Å²) in [6.45, 7) is 3.75. The van der Waals surface area contributed by atoms with Crippen molar-refractivity contribution in [2.24, 2.45) is 10.2 Å². The van der Waals surface area contributed by atoms with Crippen molar-refractivity contribution in [2.75, 3.05) is 32.4 Å². The molecule has 1 aromatic carbocycles. The number of thiol groups is 1. The molecule has 0 aromatic heterocycles. The molecule has 0 spiro atoms. The van der Waals surface area contributed by atoms with E-state index in [4.69, 9.17) is 0 Å². The molecule has 136 valence electrons. The van der Waals surface area contributed by atoms with Gasteiger partial charge in [0.05, 0.1) is 0 Å². The Labute approximate surface area is 149 Å². The third-order valence-electron chi connectivity index (χ3n) is 4.29. The van der Waals surface area contributed by atoms with E-state index in [1.807, 2.05) is 30.3 Å². The van der Waals surface area contributed by atoms with Gasteiger partial charge in [-0.3, -0.25) is 18.6 Å². The number of azo groups is 1. The van der Waals surface area contributed by atoms with Gasteiger partial charge in [-0.1, -0.05) is 30.3 Å². The van der Waals surface area contributed by atoms with Crippen LogP contribution in [0.2, 0.25) is 0 Å². The maximum absolute atomic E-state index is 12.7. The molecular weight excluding hydrogens is 338 g/mol. The van der Waals surface area contributed by atoms with Crippen LogP contribution in [0.4, 0.5) is 0 Å². The molecule has 1 aromatic rings. The third kappa shape index (κ3) is 5.04. The lowest BCUT2D eigenvalue weighted by Gasteiger charge is -2.32. The highest BCUT2D eigenvalue weighted by atomic mass is 32.3. The number of amides is 1. The number of benzene rings is 1. The van der Waals surface area contributed by atoms with Gasteiger partial charge in [-0.15, -0.1) is 5.11 Å². The van der Waals surface area contributed by atoms with E-state index in [-0.39, 0.29) is 11.9 Å². The number of piperazine rings is 1. The van der Waals surface area contributed by atoms with Crippen molar-refractivity contribution in [3.05, 3.63) is 47.7 Å². The van der Waals surface area contributed by atoms with Crippen molar-refractivity contribution < 1.29 is 9.00 Å². The number of nitrogens with one attached hydrogen (secondary N) is 2. The third-order valence-corrected chi connectivity index (χ3v) is 5.94. The van der Waals surface area contributed by atoms with Gasteiger partial charge >= 0.3 is 0 Å². The zero-order valence-electron chi connectivity index (χ0n) is 14.4. The molecule has 25 heavy (non-hydrogen) atoms. The highest BCUT2D eigenvalue weighted by Crippen LogP contribution is 2.18. The van der Waals surface area contributed by atoms with Crippen molar-refractivity contribution >= 4 is 16.0 Å². The fourth-order valence-corrected chi connectivity index (χ4v) is 4.55. The van der Waals surface area contributed by atoms with Gasteiger partial charge in [0.1, 0.15) is 11.9 Å². The lowest BCUT2D eigenvalue weighted by molar-refractivity contribution is -0.116. The van der Waals surface area contributed by atoms with E-state index < -0.39 is 16.0 Å². The van der Waals surface area contributed by atoms with Crippen LogP contribution in [0.15, 0.2) is 52.3 Å². The summed E-state index contributed by atoms with van der Waals surface area (Å²) in [5, 5.41) is 11.6. The van der Waals surface area contributed by atoms with Gasteiger partial charge < -0.3 is 5.32 Å². The quantitative estimate of drug-likeness (QED) is 0.677. The van der Waals surface area contributed by atoms with Crippen molar-refractivity contribution in [1.82, 2.24) is 14.9 Å². The van der Waals surface area contributed by atoms with Crippen LogP contribution in [0.3, 0.4) is 0 Å². The molecule has 1 fully saturated rings. The van der Waals surface area contributed by atoms with Crippen molar-refractivity contribution in [1.29, 1.82) is 0 Å². The predicted molar refractivity (Wildman–Crippen MR) is 99.5 cm³/mol. The molecule has 2 aliphatic rings. The van der Waals surface area contributed by atoms with E-state index in [0.29, 0.717) is 12.2 Å². The van der Waals surface area contributed by atoms with Crippen LogP contribution in [-0.4, -0.2) is 53.6 Å². The summed E-state index contributed by atoms with van der Waals surface area (Å²) in [7, 11) is -2.84. The Morgan fingerprint density at radius 1 is 1.32 bits per heavy atom. The van der Waals surface area contributed by atoms with Gasteiger partial charge in [0.2, 0.25) is 0 Å². The summed E-state index contributed by atoms with van der Waals surface area (Å²) in [6.07, 6.45) is 4.02. The van der Waals surface area contributed by atoms with Gasteiger partial charge in [0.15, 0.2) is 0 Å². The summed E-state index contributed by atoms with van der Waals surface area (Å²) in [4.78, 5) is 14.6. The zero-order chi connectivity index (χ0) is 17.7. The maximum atomic E-state index is 12.7. The van der Waals surface area contributed by atoms with Gasteiger partial charge in [0.25, 0.3) is 5.91 Å². The van der Waals surface area contributed by atoms with E-state index in [1.165, 1.54) is 0 Å². The Balaban J connectivity index is 1.55. The minimum atomic E-state index is -2.84. The first-order valence-corrected chi connectivity index (χ1v) is 10.9. The lowest BCUT2D eigenvalue weighted by atomic mass is 10.2. The van der Waals surface area contributed by atoms with E-state index in [2.05, 4.69) is 25.2 Å². The monoisotopic (exact) mass is 363 g/mol. The van der Waals surface area contributed by atoms with Crippen LogP contribution < -0.4 is 10.0 Å². The van der Waals surface area contributed by atoms with Gasteiger partial charge in [0, 0.05) is 44.6 Å². The highest BCUT2D eigenvalue weighted by molar-refractivity contribution is 8.00. The Morgan fingerprint density at radius 3 is 2.68 bits per heavy atom. The van der Waals surface area contributed by atoms with Crippen LogP contribution in [-0.2, 0) is 20.7 Å². The van der Waals surface area contributed by atoms with E-state index in [9.17, 15) is 9.00 Å². The molecule has 0 saturated carbocycles. The lowest BCUT2D eigenvalue weighted by Crippen LogP contribution is -2.48. The second-order valence-electron chi connectivity index (χ2n) is 6.49. The van der Waals surface area contributed by atoms with Crippen LogP contribution in [0.25, 0.3) is 0 Å². The Morgan fingerprint density at radius 2 is 2.04 bits per heavy atom. The molecule has 0 radical (unpaired) electrons. The largest absolute Gasteiger partial charge is 0.314 e. The molecule has 0 bridgehead atoms. The molecular formula is C17H25N5O2S. The topological polar surface area (TPSA) is 86.2 Å². The second kappa shape index (κ2) is 7.99. The Bertz CT molecular complexity index is 713. The first-order valence-electron chi connectivity index (χ1n) is 8.52. The minimum Gasteiger partial charge on any atom is -0.314 e. The molecule has 0 aliphatic carbocycles. The highest BCUT2D eigenvalue weighted by Gasteiger charge is 2.24. The number of carbonyl (C=O) groups is 1. The molecule has 1 atom stereocenters. The number of carbonyl (C=O) groups excluding carboxylic acids is 1. The molecule has 3 rings (SSSR count). The van der Waals surface area contributed by atoms with E-state index in [1.54, 1.807) is 12.3 Å². The summed E-state index contributed by atoms with van der Waals surface area (Å²) < 4.78 is 15.3. The first-order chi connectivity index (χ1) is 12.0. The Hall–Kier alpha value is -1.90. The average molecular weight is 363 g/mol. The number of hydrogen-bond donors (Lipinski definition) is 3. The van der Waals surface area contributed by atoms with Crippen molar-refractivity contribution in [3.63, 3.8) is 0 Å². The number of nitrogens with zero attached hydrogens (tertiary/aromatic N) is 3. The molecule has 1 amide bonds. The normalized spacial score (nSPS) is 22.3. The molecule has 7 nitrogen and oxygen atoms in total. The van der Waals surface area contributed by atoms with Crippen LogP contribution in [0.5, 0.6) is 0 Å². The minimum absolute atomic E-state index is 0.00333. The predicted octanol–water partition coefficient (Wildman–Crippen LogP) is 0.835. The summed E-state index contributed by atoms with van der Waals surface area (Å²) >= 11 is 0. The van der Waals surface area contributed by atoms with Crippen LogP contribution in [0, 0.1) is 0 Å². The maximum Gasteiger partial charge on any atom is 0.281 e. The summed E-state index contributed by atoms with van der Waals surface area (Å²) in [6, 6.07) is 9.50. The molecule has 2 aliphatic heterocycles. The number of hydrogen-bond acceptors (Lipinski definition) is 6. The standard InChI is InChI=1S/C17H25N5O2S/c1-25(24,13-14-5-3-2-4-6-14)21-17(23)15-7-8-16(20-19-15)22-11-9-18-10-12-22/h2-7,16,18,25H,8-13H2,1H3,(H,21,23,24).